The van der Waals surface area contributed by atoms with E-state index in [1.807, 2.05) is 6.92 Å². The van der Waals surface area contributed by atoms with E-state index in [2.05, 4.69) is 44.2 Å². The molecule has 0 spiro atoms. The maximum Gasteiger partial charge on any atom is 0.181 e. The summed E-state index contributed by atoms with van der Waals surface area (Å²) >= 11 is 0. The minimum Gasteiger partial charge on any atom is -0.290 e. The van der Waals surface area contributed by atoms with Crippen molar-refractivity contribution in [2.75, 3.05) is 0 Å². The van der Waals surface area contributed by atoms with Crippen LogP contribution in [0.2, 0.25) is 0 Å². The lowest BCUT2D eigenvalue weighted by atomic mass is 9.67. The fourth-order valence-corrected chi connectivity index (χ4v) is 3.42. The van der Waals surface area contributed by atoms with Gasteiger partial charge in [-0.1, -0.05) is 44.2 Å². The molecule has 0 amide bonds. The molecule has 0 aromatic heterocycles. The van der Waals surface area contributed by atoms with Crippen LogP contribution in [0.1, 0.15) is 31.9 Å². The van der Waals surface area contributed by atoms with Crippen molar-refractivity contribution in [2.45, 2.75) is 27.2 Å². The number of rotatable bonds is 1. The van der Waals surface area contributed by atoms with Gasteiger partial charge in [0.15, 0.2) is 5.78 Å². The van der Waals surface area contributed by atoms with E-state index >= 15 is 0 Å². The van der Waals surface area contributed by atoms with Gasteiger partial charge < -0.3 is 0 Å². The molecular weight excluding hydrogens is 220 g/mol. The average Bonchev–Trinajstić information content (AvgIpc) is 2.70. The molecule has 0 heterocycles. The molecule has 2 aliphatic carbocycles. The van der Waals surface area contributed by atoms with E-state index in [0.29, 0.717) is 5.92 Å². The molecule has 3 rings (SSSR count). The van der Waals surface area contributed by atoms with Crippen molar-refractivity contribution in [1.82, 2.24) is 0 Å². The van der Waals surface area contributed by atoms with E-state index in [9.17, 15) is 4.79 Å². The Morgan fingerprint density at radius 1 is 1.22 bits per heavy atom. The summed E-state index contributed by atoms with van der Waals surface area (Å²) in [5.74, 6) is 0.664. The van der Waals surface area contributed by atoms with Crippen LogP contribution in [0.25, 0.3) is 5.57 Å². The maximum absolute atomic E-state index is 12.0. The number of allylic oxidation sites excluding steroid dienone is 4. The van der Waals surface area contributed by atoms with Crippen molar-refractivity contribution >= 4 is 11.4 Å². The number of ketones is 1. The summed E-state index contributed by atoms with van der Waals surface area (Å²) in [7, 11) is 0. The standard InChI is InChI=1S/C17H18O/c1-11(2)17-9-8-15(18)12(3)16(17)14-7-5-4-6-13(14)10-17/h4-9,11H,10H2,1-3H3. The van der Waals surface area contributed by atoms with Crippen molar-refractivity contribution < 1.29 is 4.79 Å². The van der Waals surface area contributed by atoms with Gasteiger partial charge in [0, 0.05) is 11.0 Å². The number of benzene rings is 1. The molecule has 0 fully saturated rings. The van der Waals surface area contributed by atoms with Gasteiger partial charge in [-0.15, -0.1) is 0 Å². The molecule has 1 nitrogen and oxygen atoms in total. The van der Waals surface area contributed by atoms with Gasteiger partial charge in [0.25, 0.3) is 0 Å². The zero-order chi connectivity index (χ0) is 12.9. The van der Waals surface area contributed by atoms with Crippen LogP contribution in [0.4, 0.5) is 0 Å². The zero-order valence-electron chi connectivity index (χ0n) is 11.2. The van der Waals surface area contributed by atoms with Crippen molar-refractivity contribution in [3.05, 3.63) is 53.1 Å². The summed E-state index contributed by atoms with van der Waals surface area (Å²) < 4.78 is 0. The van der Waals surface area contributed by atoms with Gasteiger partial charge in [-0.05, 0) is 42.0 Å². The van der Waals surface area contributed by atoms with Gasteiger partial charge in [-0.3, -0.25) is 4.79 Å². The Hall–Kier alpha value is -1.63. The molecule has 0 radical (unpaired) electrons. The molecule has 1 atom stereocenters. The first-order valence-electron chi connectivity index (χ1n) is 6.59. The van der Waals surface area contributed by atoms with Crippen LogP contribution in [-0.2, 0) is 11.2 Å². The number of fused-ring (bicyclic) bond motifs is 3. The quantitative estimate of drug-likeness (QED) is 0.727. The predicted molar refractivity (Wildman–Crippen MR) is 74.2 cm³/mol. The highest BCUT2D eigenvalue weighted by molar-refractivity contribution is 6.12. The number of carbonyl (C=O) groups is 1. The number of carbonyl (C=O) groups excluding carboxylic acids is 1. The smallest absolute Gasteiger partial charge is 0.181 e. The molecule has 0 saturated carbocycles. The largest absolute Gasteiger partial charge is 0.290 e. The van der Waals surface area contributed by atoms with Crippen molar-refractivity contribution in [3.63, 3.8) is 0 Å². The summed E-state index contributed by atoms with van der Waals surface area (Å²) in [6.07, 6.45) is 4.93. The van der Waals surface area contributed by atoms with E-state index in [1.165, 1.54) is 16.7 Å². The van der Waals surface area contributed by atoms with E-state index in [1.54, 1.807) is 6.08 Å². The van der Waals surface area contributed by atoms with Crippen LogP contribution >= 0.6 is 0 Å². The van der Waals surface area contributed by atoms with Gasteiger partial charge in [0.1, 0.15) is 0 Å². The number of hydrogen-bond donors (Lipinski definition) is 0. The molecule has 0 bridgehead atoms. The molecule has 0 aliphatic heterocycles. The highest BCUT2D eigenvalue weighted by Crippen LogP contribution is 2.55. The SMILES string of the molecule is CC1=C2c3ccccc3CC2(C(C)C)C=CC1=O. The molecule has 2 aliphatic rings. The third-order valence-corrected chi connectivity index (χ3v) is 4.54. The Balaban J connectivity index is 2.31. The Bertz CT molecular complexity index is 589. The molecule has 1 unspecified atom stereocenters. The molecule has 1 aromatic rings. The summed E-state index contributed by atoms with van der Waals surface area (Å²) in [4.78, 5) is 12.0. The molecular formula is C17H18O. The van der Waals surface area contributed by atoms with Gasteiger partial charge >= 0.3 is 0 Å². The highest BCUT2D eigenvalue weighted by Gasteiger charge is 2.45. The van der Waals surface area contributed by atoms with Crippen LogP contribution in [-0.4, -0.2) is 5.78 Å². The molecule has 18 heavy (non-hydrogen) atoms. The lowest BCUT2D eigenvalue weighted by Crippen LogP contribution is -2.29. The second-order valence-electron chi connectivity index (χ2n) is 5.73. The summed E-state index contributed by atoms with van der Waals surface area (Å²) in [6, 6.07) is 8.51. The first-order chi connectivity index (χ1) is 8.56. The van der Waals surface area contributed by atoms with E-state index in [-0.39, 0.29) is 11.2 Å². The maximum atomic E-state index is 12.0. The molecule has 1 heteroatoms. The highest BCUT2D eigenvalue weighted by atomic mass is 16.1. The second-order valence-corrected chi connectivity index (χ2v) is 5.73. The van der Waals surface area contributed by atoms with Crippen LogP contribution in [0.15, 0.2) is 42.0 Å². The summed E-state index contributed by atoms with van der Waals surface area (Å²) in [6.45, 7) is 6.47. The lowest BCUT2D eigenvalue weighted by Gasteiger charge is -2.35. The van der Waals surface area contributed by atoms with E-state index in [4.69, 9.17) is 0 Å². The van der Waals surface area contributed by atoms with Gasteiger partial charge in [-0.25, -0.2) is 0 Å². The van der Waals surface area contributed by atoms with Crippen LogP contribution in [0.5, 0.6) is 0 Å². The fourth-order valence-electron chi connectivity index (χ4n) is 3.42. The minimum absolute atomic E-state index is 0.0294. The van der Waals surface area contributed by atoms with Gasteiger partial charge in [0.2, 0.25) is 0 Å². The van der Waals surface area contributed by atoms with E-state index < -0.39 is 0 Å². The topological polar surface area (TPSA) is 17.1 Å². The van der Waals surface area contributed by atoms with Gasteiger partial charge in [0.05, 0.1) is 0 Å². The first kappa shape index (κ1) is 11.5. The number of hydrogen-bond acceptors (Lipinski definition) is 1. The predicted octanol–water partition coefficient (Wildman–Crippen LogP) is 3.80. The Morgan fingerprint density at radius 2 is 1.94 bits per heavy atom. The second kappa shape index (κ2) is 3.68. The van der Waals surface area contributed by atoms with Crippen molar-refractivity contribution in [1.29, 1.82) is 0 Å². The summed E-state index contributed by atoms with van der Waals surface area (Å²) in [5, 5.41) is 0. The van der Waals surface area contributed by atoms with Gasteiger partial charge in [-0.2, -0.15) is 0 Å². The third kappa shape index (κ3) is 1.30. The Labute approximate surface area is 108 Å². The monoisotopic (exact) mass is 238 g/mol. The lowest BCUT2D eigenvalue weighted by molar-refractivity contribution is -0.111. The summed E-state index contributed by atoms with van der Waals surface area (Å²) in [5.41, 5.74) is 4.87. The van der Waals surface area contributed by atoms with Crippen molar-refractivity contribution in [3.8, 4) is 0 Å². The van der Waals surface area contributed by atoms with E-state index in [0.717, 1.165) is 12.0 Å². The fraction of sp³-hybridized carbons (Fsp3) is 0.353. The van der Waals surface area contributed by atoms with Crippen molar-refractivity contribution in [2.24, 2.45) is 11.3 Å². The van der Waals surface area contributed by atoms with Crippen LogP contribution in [0.3, 0.4) is 0 Å². The average molecular weight is 238 g/mol. The molecule has 1 aromatic carbocycles. The molecule has 92 valence electrons. The first-order valence-corrected chi connectivity index (χ1v) is 6.59. The van der Waals surface area contributed by atoms with Crippen LogP contribution < -0.4 is 0 Å². The molecule has 0 N–H and O–H groups in total. The minimum atomic E-state index is 0.0294. The normalized spacial score (nSPS) is 25.7. The Kier molecular flexibility index (Phi) is 2.34. The molecule has 0 saturated heterocycles. The van der Waals surface area contributed by atoms with Crippen LogP contribution in [0, 0.1) is 11.3 Å². The zero-order valence-corrected chi connectivity index (χ0v) is 11.2. The third-order valence-electron chi connectivity index (χ3n) is 4.54. The Morgan fingerprint density at radius 3 is 2.67 bits per heavy atom.